The van der Waals surface area contributed by atoms with Crippen molar-refractivity contribution in [3.8, 4) is 16.9 Å². The van der Waals surface area contributed by atoms with Crippen molar-refractivity contribution in [1.29, 1.82) is 0 Å². The minimum absolute atomic E-state index is 0.475. The Bertz CT molecular complexity index is 633. The zero-order valence-electron chi connectivity index (χ0n) is 15.1. The summed E-state index contributed by atoms with van der Waals surface area (Å²) in [7, 11) is 0. The molecule has 2 heteroatoms. The molecule has 0 aromatic heterocycles. The van der Waals surface area contributed by atoms with Crippen molar-refractivity contribution in [2.75, 3.05) is 6.61 Å². The Balaban J connectivity index is 2.09. The molecule has 0 aliphatic heterocycles. The molecular formula is C22H28O2. The predicted molar refractivity (Wildman–Crippen MR) is 101 cm³/mol. The first-order chi connectivity index (χ1) is 11.7. The lowest BCUT2D eigenvalue weighted by atomic mass is 9.98. The van der Waals surface area contributed by atoms with Crippen LogP contribution in [-0.2, 0) is 11.2 Å². The average Bonchev–Trinajstić information content (AvgIpc) is 2.57. The van der Waals surface area contributed by atoms with Crippen LogP contribution >= 0.6 is 0 Å². The Morgan fingerprint density at radius 3 is 2.17 bits per heavy atom. The molecule has 128 valence electrons. The van der Waals surface area contributed by atoms with Crippen molar-refractivity contribution in [1.82, 2.24) is 0 Å². The maximum atomic E-state index is 10.6. The van der Waals surface area contributed by atoms with Crippen LogP contribution in [0.25, 0.3) is 11.1 Å². The molecular weight excluding hydrogens is 296 g/mol. The van der Waals surface area contributed by atoms with Crippen LogP contribution in [0, 0.1) is 13.8 Å². The lowest BCUT2D eigenvalue weighted by Gasteiger charge is -2.14. The zero-order valence-corrected chi connectivity index (χ0v) is 15.1. The number of unbranched alkanes of at least 4 members (excludes halogenated alkanes) is 3. The summed E-state index contributed by atoms with van der Waals surface area (Å²) in [6.45, 7) is 7.23. The molecule has 0 bridgehead atoms. The minimum Gasteiger partial charge on any atom is -0.493 e. The molecule has 0 aliphatic rings. The first-order valence-corrected chi connectivity index (χ1v) is 8.92. The number of hydrogen-bond acceptors (Lipinski definition) is 2. The molecule has 2 nitrogen and oxygen atoms in total. The van der Waals surface area contributed by atoms with Gasteiger partial charge in [0.2, 0.25) is 0 Å². The summed E-state index contributed by atoms with van der Waals surface area (Å²) >= 11 is 0. The fourth-order valence-corrected chi connectivity index (χ4v) is 2.98. The van der Waals surface area contributed by atoms with E-state index in [1.165, 1.54) is 41.5 Å². The van der Waals surface area contributed by atoms with Crippen LogP contribution in [0.15, 0.2) is 36.4 Å². The van der Waals surface area contributed by atoms with Crippen molar-refractivity contribution in [2.45, 2.75) is 52.9 Å². The van der Waals surface area contributed by atoms with Gasteiger partial charge in [-0.1, -0.05) is 50.5 Å². The Morgan fingerprint density at radius 1 is 0.917 bits per heavy atom. The van der Waals surface area contributed by atoms with E-state index in [1.54, 1.807) is 0 Å². The highest BCUT2D eigenvalue weighted by Gasteiger charge is 2.08. The molecule has 0 saturated heterocycles. The summed E-state index contributed by atoms with van der Waals surface area (Å²) in [4.78, 5) is 10.6. The molecule has 2 aromatic carbocycles. The average molecular weight is 324 g/mol. The summed E-state index contributed by atoms with van der Waals surface area (Å²) < 4.78 is 6.02. The van der Waals surface area contributed by atoms with E-state index in [4.69, 9.17) is 4.74 Å². The van der Waals surface area contributed by atoms with Gasteiger partial charge in [-0.25, -0.2) is 0 Å². The van der Waals surface area contributed by atoms with Crippen molar-refractivity contribution in [3.05, 3.63) is 53.1 Å². The van der Waals surface area contributed by atoms with Crippen LogP contribution in [0.3, 0.4) is 0 Å². The standard InChI is InChI=1S/C22H28O2/c1-4-5-6-7-14-24-22-17(2)15-21(16-18(22)3)20-10-8-19(9-11-20)12-13-23/h8-11,13,15-16H,4-7,12,14H2,1-3H3. The molecule has 0 spiro atoms. The molecule has 0 fully saturated rings. The second-order valence-corrected chi connectivity index (χ2v) is 6.42. The van der Waals surface area contributed by atoms with Crippen molar-refractivity contribution in [3.63, 3.8) is 0 Å². The van der Waals surface area contributed by atoms with Gasteiger partial charge in [-0.3, -0.25) is 0 Å². The van der Waals surface area contributed by atoms with Gasteiger partial charge in [0.25, 0.3) is 0 Å². The highest BCUT2D eigenvalue weighted by molar-refractivity contribution is 5.68. The van der Waals surface area contributed by atoms with Crippen LogP contribution in [0.1, 0.15) is 49.3 Å². The number of hydrogen-bond donors (Lipinski definition) is 0. The van der Waals surface area contributed by atoms with Gasteiger partial charge in [0.05, 0.1) is 6.61 Å². The number of ether oxygens (including phenoxy) is 1. The number of carbonyl (C=O) groups excluding carboxylic acids is 1. The smallest absolute Gasteiger partial charge is 0.125 e. The Hall–Kier alpha value is -2.09. The fourth-order valence-electron chi connectivity index (χ4n) is 2.98. The molecule has 0 radical (unpaired) electrons. The topological polar surface area (TPSA) is 26.3 Å². The Kier molecular flexibility index (Phi) is 7.05. The van der Waals surface area contributed by atoms with E-state index in [9.17, 15) is 4.79 Å². The first-order valence-electron chi connectivity index (χ1n) is 8.92. The number of aldehydes is 1. The first kappa shape index (κ1) is 18.3. The SMILES string of the molecule is CCCCCCOc1c(C)cc(-c2ccc(CC=O)cc2)cc1C. The van der Waals surface area contributed by atoms with E-state index in [0.29, 0.717) is 6.42 Å². The van der Waals surface area contributed by atoms with Gasteiger partial charge in [-0.15, -0.1) is 0 Å². The molecule has 0 unspecified atom stereocenters. The summed E-state index contributed by atoms with van der Waals surface area (Å²) in [6.07, 6.45) is 6.30. The predicted octanol–water partition coefficient (Wildman–Crippen LogP) is 5.67. The third-order valence-corrected chi connectivity index (χ3v) is 4.31. The van der Waals surface area contributed by atoms with E-state index in [1.807, 2.05) is 12.1 Å². The molecule has 0 amide bonds. The molecule has 0 saturated carbocycles. The number of rotatable bonds is 9. The molecule has 24 heavy (non-hydrogen) atoms. The lowest BCUT2D eigenvalue weighted by molar-refractivity contribution is -0.107. The van der Waals surface area contributed by atoms with E-state index >= 15 is 0 Å². The number of benzene rings is 2. The van der Waals surface area contributed by atoms with Gasteiger partial charge in [0, 0.05) is 6.42 Å². The molecule has 0 atom stereocenters. The van der Waals surface area contributed by atoms with Gasteiger partial charge in [0.15, 0.2) is 0 Å². The van der Waals surface area contributed by atoms with Gasteiger partial charge < -0.3 is 9.53 Å². The van der Waals surface area contributed by atoms with E-state index in [-0.39, 0.29) is 0 Å². The largest absolute Gasteiger partial charge is 0.493 e. The van der Waals surface area contributed by atoms with Gasteiger partial charge >= 0.3 is 0 Å². The highest BCUT2D eigenvalue weighted by Crippen LogP contribution is 2.30. The van der Waals surface area contributed by atoms with Crippen LogP contribution in [0.5, 0.6) is 5.75 Å². The van der Waals surface area contributed by atoms with Crippen LogP contribution in [-0.4, -0.2) is 12.9 Å². The summed E-state index contributed by atoms with van der Waals surface area (Å²) in [5.41, 5.74) is 5.77. The molecule has 2 rings (SSSR count). The van der Waals surface area contributed by atoms with E-state index < -0.39 is 0 Å². The van der Waals surface area contributed by atoms with Gasteiger partial charge in [0.1, 0.15) is 12.0 Å². The van der Waals surface area contributed by atoms with Crippen LogP contribution in [0.4, 0.5) is 0 Å². The third kappa shape index (κ3) is 4.95. The summed E-state index contributed by atoms with van der Waals surface area (Å²) in [5.74, 6) is 1.02. The highest BCUT2D eigenvalue weighted by atomic mass is 16.5. The molecule has 0 N–H and O–H groups in total. The number of carbonyl (C=O) groups is 1. The van der Waals surface area contributed by atoms with Gasteiger partial charge in [-0.2, -0.15) is 0 Å². The zero-order chi connectivity index (χ0) is 17.4. The van der Waals surface area contributed by atoms with Crippen molar-refractivity contribution in [2.24, 2.45) is 0 Å². The Morgan fingerprint density at radius 2 is 1.58 bits per heavy atom. The van der Waals surface area contributed by atoms with E-state index in [0.717, 1.165) is 30.6 Å². The summed E-state index contributed by atoms with van der Waals surface area (Å²) in [5, 5.41) is 0. The maximum Gasteiger partial charge on any atom is 0.125 e. The monoisotopic (exact) mass is 324 g/mol. The third-order valence-electron chi connectivity index (χ3n) is 4.31. The van der Waals surface area contributed by atoms with Crippen LogP contribution < -0.4 is 4.74 Å². The fraction of sp³-hybridized carbons (Fsp3) is 0.409. The minimum atomic E-state index is 0.475. The Labute approximate surface area is 145 Å². The maximum absolute atomic E-state index is 10.6. The number of aryl methyl sites for hydroxylation is 2. The lowest BCUT2D eigenvalue weighted by Crippen LogP contribution is -2.01. The quantitative estimate of drug-likeness (QED) is 0.439. The van der Waals surface area contributed by atoms with Gasteiger partial charge in [-0.05, 0) is 60.2 Å². The second-order valence-electron chi connectivity index (χ2n) is 6.42. The summed E-state index contributed by atoms with van der Waals surface area (Å²) in [6, 6.07) is 12.6. The van der Waals surface area contributed by atoms with Crippen molar-refractivity contribution < 1.29 is 9.53 Å². The van der Waals surface area contributed by atoms with Crippen LogP contribution in [0.2, 0.25) is 0 Å². The molecule has 0 aliphatic carbocycles. The normalized spacial score (nSPS) is 10.6. The molecule has 0 heterocycles. The van der Waals surface area contributed by atoms with Crippen molar-refractivity contribution >= 4 is 6.29 Å². The molecule has 2 aromatic rings. The second kappa shape index (κ2) is 9.27. The van der Waals surface area contributed by atoms with E-state index in [2.05, 4.69) is 45.0 Å².